The van der Waals surface area contributed by atoms with Crippen LogP contribution in [0, 0.1) is 11.7 Å². The van der Waals surface area contributed by atoms with Gasteiger partial charge in [0, 0.05) is 6.54 Å². The SMILES string of the molecule is O=C(NC[C@H]1CCS(=O)(=O)C1)c1ccc(-c2ccccc2F)o1. The van der Waals surface area contributed by atoms with Gasteiger partial charge in [-0.15, -0.1) is 0 Å². The minimum Gasteiger partial charge on any atom is -0.451 e. The Morgan fingerprint density at radius 2 is 2.04 bits per heavy atom. The molecule has 23 heavy (non-hydrogen) atoms. The number of carbonyl (C=O) groups excluding carboxylic acids is 1. The fourth-order valence-electron chi connectivity index (χ4n) is 2.62. The topological polar surface area (TPSA) is 76.4 Å². The average Bonchev–Trinajstić information content (AvgIpc) is 3.12. The standard InChI is InChI=1S/C16H16FNO4S/c17-13-4-2-1-3-12(13)14-5-6-15(22-14)16(19)18-9-11-7-8-23(20,21)10-11/h1-6,11H,7-10H2,(H,18,19)/t11-/m1/s1. The molecule has 1 fully saturated rings. The first-order valence-corrected chi connectivity index (χ1v) is 9.10. The van der Waals surface area contributed by atoms with Gasteiger partial charge in [0.05, 0.1) is 17.1 Å². The molecule has 0 spiro atoms. The Morgan fingerprint density at radius 1 is 1.26 bits per heavy atom. The van der Waals surface area contributed by atoms with Gasteiger partial charge in [0.15, 0.2) is 15.6 Å². The molecule has 3 rings (SSSR count). The van der Waals surface area contributed by atoms with Gasteiger partial charge in [0.25, 0.3) is 5.91 Å². The van der Waals surface area contributed by atoms with Gasteiger partial charge >= 0.3 is 0 Å². The van der Waals surface area contributed by atoms with E-state index in [0.29, 0.717) is 6.42 Å². The van der Waals surface area contributed by atoms with Crippen LogP contribution in [0.5, 0.6) is 0 Å². The van der Waals surface area contributed by atoms with Crippen LogP contribution in [0.25, 0.3) is 11.3 Å². The van der Waals surface area contributed by atoms with Crippen LogP contribution in [-0.2, 0) is 9.84 Å². The first kappa shape index (κ1) is 15.7. The third kappa shape index (κ3) is 3.61. The summed E-state index contributed by atoms with van der Waals surface area (Å²) in [6.07, 6.45) is 0.557. The van der Waals surface area contributed by atoms with Crippen molar-refractivity contribution in [3.05, 3.63) is 48.0 Å². The van der Waals surface area contributed by atoms with Crippen molar-refractivity contribution in [3.8, 4) is 11.3 Å². The number of rotatable bonds is 4. The Bertz CT molecular complexity index is 828. The van der Waals surface area contributed by atoms with Crippen LogP contribution >= 0.6 is 0 Å². The number of carbonyl (C=O) groups is 1. The van der Waals surface area contributed by atoms with E-state index in [0.717, 1.165) is 0 Å². The molecule has 1 saturated heterocycles. The largest absolute Gasteiger partial charge is 0.451 e. The Labute approximate surface area is 133 Å². The maximum absolute atomic E-state index is 13.7. The van der Waals surface area contributed by atoms with Gasteiger partial charge in [-0.1, -0.05) is 12.1 Å². The van der Waals surface area contributed by atoms with Crippen LogP contribution in [0.4, 0.5) is 4.39 Å². The molecule has 1 aliphatic heterocycles. The van der Waals surface area contributed by atoms with E-state index in [4.69, 9.17) is 4.42 Å². The fraction of sp³-hybridized carbons (Fsp3) is 0.312. The van der Waals surface area contributed by atoms with Crippen molar-refractivity contribution in [2.75, 3.05) is 18.1 Å². The number of furan rings is 1. The molecule has 5 nitrogen and oxygen atoms in total. The van der Waals surface area contributed by atoms with Gasteiger partial charge in [0.1, 0.15) is 11.6 Å². The lowest BCUT2D eigenvalue weighted by Gasteiger charge is -2.08. The molecule has 1 amide bonds. The summed E-state index contributed by atoms with van der Waals surface area (Å²) < 4.78 is 41.9. The van der Waals surface area contributed by atoms with E-state index in [1.54, 1.807) is 18.2 Å². The Kier molecular flexibility index (Phi) is 4.21. The summed E-state index contributed by atoms with van der Waals surface area (Å²) in [5.41, 5.74) is 0.286. The van der Waals surface area contributed by atoms with Gasteiger partial charge in [0.2, 0.25) is 0 Å². The molecule has 0 saturated carbocycles. The Hall–Kier alpha value is -2.15. The highest BCUT2D eigenvalue weighted by Gasteiger charge is 2.28. The van der Waals surface area contributed by atoms with E-state index >= 15 is 0 Å². The van der Waals surface area contributed by atoms with E-state index in [1.165, 1.54) is 18.2 Å². The van der Waals surface area contributed by atoms with E-state index in [1.807, 2.05) is 0 Å². The van der Waals surface area contributed by atoms with E-state index < -0.39 is 21.6 Å². The van der Waals surface area contributed by atoms with Gasteiger partial charge in [-0.2, -0.15) is 0 Å². The molecule has 0 bridgehead atoms. The molecule has 122 valence electrons. The molecule has 2 heterocycles. The number of hydrogen-bond donors (Lipinski definition) is 1. The smallest absolute Gasteiger partial charge is 0.287 e. The molecule has 2 aromatic rings. The average molecular weight is 337 g/mol. The lowest BCUT2D eigenvalue weighted by atomic mass is 10.1. The van der Waals surface area contributed by atoms with Crippen LogP contribution in [-0.4, -0.2) is 32.4 Å². The quantitative estimate of drug-likeness (QED) is 0.928. The van der Waals surface area contributed by atoms with Crippen molar-refractivity contribution in [1.29, 1.82) is 0 Å². The van der Waals surface area contributed by atoms with E-state index in [-0.39, 0.29) is 41.1 Å². The monoisotopic (exact) mass is 337 g/mol. The van der Waals surface area contributed by atoms with Gasteiger partial charge in [-0.05, 0) is 36.6 Å². The second-order valence-electron chi connectivity index (χ2n) is 5.62. The van der Waals surface area contributed by atoms with Gasteiger partial charge < -0.3 is 9.73 Å². The zero-order valence-corrected chi connectivity index (χ0v) is 13.1. The van der Waals surface area contributed by atoms with Gasteiger partial charge in [-0.3, -0.25) is 4.79 Å². The highest BCUT2D eigenvalue weighted by molar-refractivity contribution is 7.91. The van der Waals surface area contributed by atoms with Crippen molar-refractivity contribution in [1.82, 2.24) is 5.32 Å². The predicted molar refractivity (Wildman–Crippen MR) is 83.2 cm³/mol. The molecule has 1 aromatic carbocycles. The second-order valence-corrected chi connectivity index (χ2v) is 7.85. The molecule has 1 atom stereocenters. The normalized spacial score (nSPS) is 19.6. The zero-order valence-electron chi connectivity index (χ0n) is 12.3. The van der Waals surface area contributed by atoms with Crippen molar-refractivity contribution in [2.24, 2.45) is 5.92 Å². The van der Waals surface area contributed by atoms with Crippen molar-refractivity contribution >= 4 is 15.7 Å². The number of benzene rings is 1. The minimum absolute atomic E-state index is 0.0649. The third-order valence-electron chi connectivity index (χ3n) is 3.85. The lowest BCUT2D eigenvalue weighted by molar-refractivity contribution is 0.0921. The van der Waals surface area contributed by atoms with Crippen LogP contribution < -0.4 is 5.32 Å². The summed E-state index contributed by atoms with van der Waals surface area (Å²) in [7, 11) is -2.96. The molecular formula is C16H16FNO4S. The summed E-state index contributed by atoms with van der Waals surface area (Å²) in [5, 5.41) is 2.67. The summed E-state index contributed by atoms with van der Waals surface area (Å²) >= 11 is 0. The molecule has 0 aliphatic carbocycles. The first-order chi connectivity index (χ1) is 10.9. The van der Waals surface area contributed by atoms with Crippen molar-refractivity contribution in [3.63, 3.8) is 0 Å². The second kappa shape index (κ2) is 6.16. The molecule has 7 heteroatoms. The van der Waals surface area contributed by atoms with Crippen molar-refractivity contribution < 1.29 is 22.0 Å². The highest BCUT2D eigenvalue weighted by Crippen LogP contribution is 2.25. The molecule has 0 unspecified atom stereocenters. The zero-order chi connectivity index (χ0) is 16.4. The fourth-order valence-corrected chi connectivity index (χ4v) is 4.48. The van der Waals surface area contributed by atoms with Crippen LogP contribution in [0.2, 0.25) is 0 Å². The van der Waals surface area contributed by atoms with Gasteiger partial charge in [-0.25, -0.2) is 12.8 Å². The van der Waals surface area contributed by atoms with E-state index in [9.17, 15) is 17.6 Å². The Balaban J connectivity index is 1.64. The number of nitrogens with one attached hydrogen (secondary N) is 1. The highest BCUT2D eigenvalue weighted by atomic mass is 32.2. The lowest BCUT2D eigenvalue weighted by Crippen LogP contribution is -2.29. The maximum Gasteiger partial charge on any atom is 0.287 e. The maximum atomic E-state index is 13.7. The van der Waals surface area contributed by atoms with Crippen molar-refractivity contribution in [2.45, 2.75) is 6.42 Å². The summed E-state index contributed by atoms with van der Waals surface area (Å²) in [6, 6.07) is 9.15. The number of hydrogen-bond acceptors (Lipinski definition) is 4. The molecule has 1 aliphatic rings. The van der Waals surface area contributed by atoms with Crippen LogP contribution in [0.1, 0.15) is 17.0 Å². The number of halogens is 1. The summed E-state index contributed by atoms with van der Waals surface area (Å²) in [4.78, 5) is 12.0. The van der Waals surface area contributed by atoms with Crippen LogP contribution in [0.3, 0.4) is 0 Å². The van der Waals surface area contributed by atoms with Crippen LogP contribution in [0.15, 0.2) is 40.8 Å². The number of sulfone groups is 1. The predicted octanol–water partition coefficient (Wildman–Crippen LogP) is 2.25. The summed E-state index contributed by atoms with van der Waals surface area (Å²) in [5.74, 6) is -0.301. The molecular weight excluding hydrogens is 321 g/mol. The summed E-state index contributed by atoms with van der Waals surface area (Å²) in [6.45, 7) is 0.286. The molecule has 0 radical (unpaired) electrons. The Morgan fingerprint density at radius 3 is 2.74 bits per heavy atom. The first-order valence-electron chi connectivity index (χ1n) is 7.28. The third-order valence-corrected chi connectivity index (χ3v) is 5.68. The molecule has 1 N–H and O–H groups in total. The van der Waals surface area contributed by atoms with E-state index in [2.05, 4.69) is 5.32 Å². The minimum atomic E-state index is -2.96. The molecule has 1 aromatic heterocycles. The number of amides is 1.